The number of ether oxygens (including phenoxy) is 1. The maximum Gasteiger partial charge on any atom is 0.138 e. The van der Waals surface area contributed by atoms with Crippen molar-refractivity contribution >= 4 is 28.9 Å². The van der Waals surface area contributed by atoms with Crippen molar-refractivity contribution in [1.82, 2.24) is 10.2 Å². The molecule has 4 nitrogen and oxygen atoms in total. The second-order valence-corrected chi connectivity index (χ2v) is 5.61. The van der Waals surface area contributed by atoms with Gasteiger partial charge in [0.1, 0.15) is 12.4 Å². The summed E-state index contributed by atoms with van der Waals surface area (Å²) < 4.78 is 5.66. The Morgan fingerprint density at radius 2 is 1.82 bits per heavy atom. The summed E-state index contributed by atoms with van der Waals surface area (Å²) >= 11 is 11.9. The van der Waals surface area contributed by atoms with Gasteiger partial charge in [0, 0.05) is 16.3 Å². The van der Waals surface area contributed by atoms with Crippen molar-refractivity contribution in [2.24, 2.45) is 0 Å². The molecule has 1 aromatic heterocycles. The van der Waals surface area contributed by atoms with Crippen LogP contribution in [0.3, 0.4) is 0 Å². The van der Waals surface area contributed by atoms with Crippen molar-refractivity contribution < 1.29 is 4.74 Å². The molecule has 3 N–H and O–H groups in total. The Labute approximate surface area is 137 Å². The van der Waals surface area contributed by atoms with Crippen LogP contribution in [0, 0.1) is 0 Å². The van der Waals surface area contributed by atoms with Gasteiger partial charge < -0.3 is 10.5 Å². The number of nitrogens with zero attached hydrogens (tertiary/aromatic N) is 1. The number of halogens is 2. The van der Waals surface area contributed by atoms with Crippen molar-refractivity contribution in [2.75, 3.05) is 5.73 Å². The zero-order chi connectivity index (χ0) is 15.5. The number of nitrogens with one attached hydrogen (secondary N) is 1. The molecule has 0 amide bonds. The lowest BCUT2D eigenvalue weighted by Crippen LogP contribution is -1.96. The molecule has 0 atom stereocenters. The van der Waals surface area contributed by atoms with Gasteiger partial charge in [0.15, 0.2) is 0 Å². The van der Waals surface area contributed by atoms with Gasteiger partial charge in [-0.05, 0) is 36.4 Å². The fraction of sp³-hybridized carbons (Fsp3) is 0.0625. The Hall–Kier alpha value is -2.17. The Kier molecular flexibility index (Phi) is 4.22. The van der Waals surface area contributed by atoms with Gasteiger partial charge in [0.25, 0.3) is 0 Å². The normalized spacial score (nSPS) is 10.6. The third-order valence-electron chi connectivity index (χ3n) is 3.11. The summed E-state index contributed by atoms with van der Waals surface area (Å²) in [6.45, 7) is 0.337. The summed E-state index contributed by atoms with van der Waals surface area (Å²) in [4.78, 5) is 0. The highest BCUT2D eigenvalue weighted by atomic mass is 35.5. The summed E-state index contributed by atoms with van der Waals surface area (Å²) in [7, 11) is 0. The molecule has 3 aromatic rings. The number of anilines is 1. The van der Waals surface area contributed by atoms with Gasteiger partial charge in [-0.15, -0.1) is 0 Å². The highest BCUT2D eigenvalue weighted by Crippen LogP contribution is 2.28. The van der Waals surface area contributed by atoms with E-state index >= 15 is 0 Å². The van der Waals surface area contributed by atoms with Gasteiger partial charge in [0.2, 0.25) is 0 Å². The number of nitrogen functional groups attached to an aromatic ring is 1. The second-order valence-electron chi connectivity index (χ2n) is 4.76. The standard InChI is InChI=1S/C16H13Cl2N3O/c17-11-3-6-16(14(18)7-11)22-9-13-8-15(21-20-13)10-1-4-12(19)5-2-10/h1-8H,9,19H2,(H,20,21). The van der Waals surface area contributed by atoms with Crippen LogP contribution in [-0.2, 0) is 6.61 Å². The maximum absolute atomic E-state index is 6.06. The van der Waals surface area contributed by atoms with E-state index in [1.54, 1.807) is 18.2 Å². The van der Waals surface area contributed by atoms with Gasteiger partial charge in [0.05, 0.1) is 16.4 Å². The Morgan fingerprint density at radius 3 is 2.55 bits per heavy atom. The van der Waals surface area contributed by atoms with Crippen molar-refractivity contribution in [3.63, 3.8) is 0 Å². The Bertz CT molecular complexity index is 784. The van der Waals surface area contributed by atoms with Crippen LogP contribution in [-0.4, -0.2) is 10.2 Å². The van der Waals surface area contributed by atoms with E-state index in [0.717, 1.165) is 22.6 Å². The molecule has 3 rings (SSSR count). The van der Waals surface area contributed by atoms with Crippen LogP contribution in [0.15, 0.2) is 48.5 Å². The van der Waals surface area contributed by atoms with Crippen LogP contribution in [0.1, 0.15) is 5.69 Å². The molecular weight excluding hydrogens is 321 g/mol. The Balaban J connectivity index is 1.70. The van der Waals surface area contributed by atoms with E-state index in [1.807, 2.05) is 30.3 Å². The molecule has 0 bridgehead atoms. The SMILES string of the molecule is Nc1ccc(-c2cc(COc3ccc(Cl)cc3Cl)[nH]n2)cc1. The average Bonchev–Trinajstić information content (AvgIpc) is 2.96. The maximum atomic E-state index is 6.06. The van der Waals surface area contributed by atoms with Gasteiger partial charge in [-0.3, -0.25) is 5.10 Å². The quantitative estimate of drug-likeness (QED) is 0.688. The van der Waals surface area contributed by atoms with Gasteiger partial charge >= 0.3 is 0 Å². The number of aromatic amines is 1. The number of benzene rings is 2. The molecule has 1 heterocycles. The first kappa shape index (κ1) is 14.8. The summed E-state index contributed by atoms with van der Waals surface area (Å²) in [5.41, 5.74) is 9.07. The number of H-pyrrole nitrogens is 1. The van der Waals surface area contributed by atoms with Crippen molar-refractivity contribution in [1.29, 1.82) is 0 Å². The first-order valence-corrected chi connectivity index (χ1v) is 7.35. The van der Waals surface area contributed by atoms with Crippen molar-refractivity contribution in [3.05, 3.63) is 64.3 Å². The van der Waals surface area contributed by atoms with E-state index in [1.165, 1.54) is 0 Å². The van der Waals surface area contributed by atoms with Gasteiger partial charge in [-0.25, -0.2) is 0 Å². The fourth-order valence-corrected chi connectivity index (χ4v) is 2.45. The lowest BCUT2D eigenvalue weighted by Gasteiger charge is -2.06. The molecule has 0 aliphatic carbocycles. The smallest absolute Gasteiger partial charge is 0.138 e. The zero-order valence-electron chi connectivity index (χ0n) is 11.5. The molecular formula is C16H13Cl2N3O. The van der Waals surface area contributed by atoms with E-state index in [2.05, 4.69) is 10.2 Å². The van der Waals surface area contributed by atoms with E-state index < -0.39 is 0 Å². The van der Waals surface area contributed by atoms with E-state index in [9.17, 15) is 0 Å². The minimum absolute atomic E-state index is 0.337. The topological polar surface area (TPSA) is 63.9 Å². The van der Waals surface area contributed by atoms with E-state index in [0.29, 0.717) is 22.4 Å². The molecule has 2 aromatic carbocycles. The molecule has 0 unspecified atom stereocenters. The van der Waals surface area contributed by atoms with Crippen LogP contribution < -0.4 is 10.5 Å². The molecule has 112 valence electrons. The highest BCUT2D eigenvalue weighted by molar-refractivity contribution is 6.35. The van der Waals surface area contributed by atoms with Crippen molar-refractivity contribution in [2.45, 2.75) is 6.61 Å². The van der Waals surface area contributed by atoms with Crippen LogP contribution in [0.2, 0.25) is 10.0 Å². The van der Waals surface area contributed by atoms with Crippen LogP contribution in [0.25, 0.3) is 11.3 Å². The number of hydrogen-bond donors (Lipinski definition) is 2. The van der Waals surface area contributed by atoms with Crippen molar-refractivity contribution in [3.8, 4) is 17.0 Å². The number of rotatable bonds is 4. The fourth-order valence-electron chi connectivity index (χ4n) is 1.99. The minimum Gasteiger partial charge on any atom is -0.486 e. The average molecular weight is 334 g/mol. The molecule has 6 heteroatoms. The molecule has 0 radical (unpaired) electrons. The summed E-state index contributed by atoms with van der Waals surface area (Å²) in [6.07, 6.45) is 0. The lowest BCUT2D eigenvalue weighted by atomic mass is 10.1. The first-order chi connectivity index (χ1) is 10.6. The second kappa shape index (κ2) is 6.30. The summed E-state index contributed by atoms with van der Waals surface area (Å²) in [5, 5.41) is 8.26. The van der Waals surface area contributed by atoms with Crippen LogP contribution in [0.4, 0.5) is 5.69 Å². The molecule has 0 saturated carbocycles. The summed E-state index contributed by atoms with van der Waals surface area (Å²) in [6, 6.07) is 14.6. The number of aromatic nitrogens is 2. The largest absolute Gasteiger partial charge is 0.486 e. The van der Waals surface area contributed by atoms with E-state index in [4.69, 9.17) is 33.7 Å². The molecule has 0 saturated heterocycles. The lowest BCUT2D eigenvalue weighted by molar-refractivity contribution is 0.301. The predicted octanol–water partition coefficient (Wildman–Crippen LogP) is 4.54. The third kappa shape index (κ3) is 3.35. The third-order valence-corrected chi connectivity index (χ3v) is 3.64. The number of hydrogen-bond acceptors (Lipinski definition) is 3. The molecule has 0 fully saturated rings. The Morgan fingerprint density at radius 1 is 1.05 bits per heavy atom. The summed E-state index contributed by atoms with van der Waals surface area (Å²) in [5.74, 6) is 0.578. The first-order valence-electron chi connectivity index (χ1n) is 6.60. The monoisotopic (exact) mass is 333 g/mol. The predicted molar refractivity (Wildman–Crippen MR) is 89.2 cm³/mol. The van der Waals surface area contributed by atoms with E-state index in [-0.39, 0.29) is 0 Å². The molecule has 0 aliphatic heterocycles. The molecule has 22 heavy (non-hydrogen) atoms. The van der Waals surface area contributed by atoms with Crippen LogP contribution in [0.5, 0.6) is 5.75 Å². The van der Waals surface area contributed by atoms with Gasteiger partial charge in [-0.1, -0.05) is 35.3 Å². The molecule has 0 aliphatic rings. The minimum atomic E-state index is 0.337. The van der Waals surface area contributed by atoms with Crippen LogP contribution >= 0.6 is 23.2 Å². The number of nitrogens with two attached hydrogens (primary N) is 1. The van der Waals surface area contributed by atoms with Gasteiger partial charge in [-0.2, -0.15) is 5.10 Å². The highest BCUT2D eigenvalue weighted by Gasteiger charge is 2.06. The zero-order valence-corrected chi connectivity index (χ0v) is 13.0. The molecule has 0 spiro atoms.